The van der Waals surface area contributed by atoms with Gasteiger partial charge in [-0.15, -0.1) is 0 Å². The smallest absolute Gasteiger partial charge is 0.256 e. The Kier molecular flexibility index (Phi) is 3.30. The highest BCUT2D eigenvalue weighted by atomic mass is 35.5. The third-order valence-corrected chi connectivity index (χ3v) is 2.14. The van der Waals surface area contributed by atoms with Crippen LogP contribution in [-0.4, -0.2) is 15.9 Å². The first-order chi connectivity index (χ1) is 8.15. The molecule has 1 N–H and O–H groups in total. The number of nitrogens with one attached hydrogen (secondary N) is 1. The quantitative estimate of drug-likeness (QED) is 0.892. The summed E-state index contributed by atoms with van der Waals surface area (Å²) in [5.74, 6) is -0.558. The monoisotopic (exact) mass is 251 g/mol. The molecule has 0 radical (unpaired) electrons. The minimum absolute atomic E-state index is 0.182. The van der Waals surface area contributed by atoms with Crippen molar-refractivity contribution >= 4 is 23.3 Å². The number of anilines is 1. The molecule has 0 spiro atoms. The third kappa shape index (κ3) is 2.98. The van der Waals surface area contributed by atoms with E-state index < -0.39 is 11.7 Å². The fraction of sp³-hybridized carbons (Fsp3) is 0. The lowest BCUT2D eigenvalue weighted by Crippen LogP contribution is -2.13. The van der Waals surface area contributed by atoms with E-state index in [2.05, 4.69) is 15.3 Å². The summed E-state index contributed by atoms with van der Waals surface area (Å²) in [5, 5.41) is 2.68. The minimum atomic E-state index is -0.401. The van der Waals surface area contributed by atoms with Gasteiger partial charge in [0.05, 0.1) is 12.4 Å². The molecule has 1 aromatic carbocycles. The van der Waals surface area contributed by atoms with E-state index in [1.165, 1.54) is 36.7 Å². The van der Waals surface area contributed by atoms with Crippen molar-refractivity contribution in [3.8, 4) is 0 Å². The van der Waals surface area contributed by atoms with Crippen molar-refractivity contribution in [3.05, 3.63) is 53.2 Å². The predicted octanol–water partition coefficient (Wildman–Crippen LogP) is 2.52. The van der Waals surface area contributed by atoms with Crippen LogP contribution in [0.4, 0.5) is 10.2 Å². The molecule has 0 fully saturated rings. The Morgan fingerprint density at radius 2 is 1.94 bits per heavy atom. The van der Waals surface area contributed by atoms with Crippen molar-refractivity contribution in [2.75, 3.05) is 5.32 Å². The zero-order valence-electron chi connectivity index (χ0n) is 8.52. The first-order valence-electron chi connectivity index (χ1n) is 4.69. The predicted molar refractivity (Wildman–Crippen MR) is 61.4 cm³/mol. The van der Waals surface area contributed by atoms with Gasteiger partial charge < -0.3 is 5.32 Å². The van der Waals surface area contributed by atoms with Gasteiger partial charge >= 0.3 is 0 Å². The van der Waals surface area contributed by atoms with Gasteiger partial charge in [0.15, 0.2) is 5.82 Å². The van der Waals surface area contributed by atoms with E-state index in [9.17, 15) is 9.18 Å². The van der Waals surface area contributed by atoms with Crippen LogP contribution in [-0.2, 0) is 0 Å². The molecule has 2 aromatic rings. The summed E-state index contributed by atoms with van der Waals surface area (Å²) in [6, 6.07) is 5.17. The van der Waals surface area contributed by atoms with Crippen LogP contribution in [0.5, 0.6) is 0 Å². The molecule has 1 aromatic heterocycles. The number of carbonyl (C=O) groups is 1. The number of hydrogen-bond donors (Lipinski definition) is 1. The first-order valence-corrected chi connectivity index (χ1v) is 5.07. The second-order valence-electron chi connectivity index (χ2n) is 3.19. The average molecular weight is 252 g/mol. The van der Waals surface area contributed by atoms with E-state index in [1.54, 1.807) is 0 Å². The van der Waals surface area contributed by atoms with Crippen molar-refractivity contribution < 1.29 is 9.18 Å². The number of aromatic nitrogens is 2. The Morgan fingerprint density at radius 3 is 2.59 bits per heavy atom. The van der Waals surface area contributed by atoms with E-state index in [1.807, 2.05) is 0 Å². The normalized spacial score (nSPS) is 10.0. The van der Waals surface area contributed by atoms with E-state index in [0.29, 0.717) is 5.56 Å². The number of carbonyl (C=O) groups excluding carboxylic acids is 1. The maximum atomic E-state index is 12.7. The lowest BCUT2D eigenvalue weighted by atomic mass is 10.2. The van der Waals surface area contributed by atoms with Crippen LogP contribution in [0.1, 0.15) is 10.4 Å². The van der Waals surface area contributed by atoms with Crippen LogP contribution in [0.15, 0.2) is 36.7 Å². The van der Waals surface area contributed by atoms with Gasteiger partial charge in [-0.2, -0.15) is 0 Å². The largest absolute Gasteiger partial charge is 0.305 e. The third-order valence-electron chi connectivity index (χ3n) is 1.95. The second-order valence-corrected chi connectivity index (χ2v) is 3.58. The van der Waals surface area contributed by atoms with Crippen LogP contribution in [0.25, 0.3) is 0 Å². The van der Waals surface area contributed by atoms with Crippen LogP contribution in [0.3, 0.4) is 0 Å². The fourth-order valence-electron chi connectivity index (χ4n) is 1.19. The molecule has 6 heteroatoms. The Morgan fingerprint density at radius 1 is 1.24 bits per heavy atom. The molecule has 0 unspecified atom stereocenters. The molecule has 86 valence electrons. The molecular formula is C11H7ClFN3O. The molecule has 4 nitrogen and oxygen atoms in total. The van der Waals surface area contributed by atoms with E-state index >= 15 is 0 Å². The lowest BCUT2D eigenvalue weighted by Gasteiger charge is -2.03. The number of rotatable bonds is 2. The molecule has 1 heterocycles. The van der Waals surface area contributed by atoms with E-state index in [0.717, 1.165) is 0 Å². The van der Waals surface area contributed by atoms with Crippen molar-refractivity contribution in [3.63, 3.8) is 0 Å². The molecule has 0 aliphatic carbocycles. The van der Waals surface area contributed by atoms with Gasteiger partial charge in [0.25, 0.3) is 5.91 Å². The molecule has 0 atom stereocenters. The molecule has 2 rings (SSSR count). The molecule has 0 saturated heterocycles. The second kappa shape index (κ2) is 4.88. The molecule has 0 aliphatic rings. The van der Waals surface area contributed by atoms with Crippen molar-refractivity contribution in [2.24, 2.45) is 0 Å². The summed E-state index contributed by atoms with van der Waals surface area (Å²) in [7, 11) is 0. The Bertz CT molecular complexity index is 545. The Hall–Kier alpha value is -2.01. The summed E-state index contributed by atoms with van der Waals surface area (Å²) >= 11 is 5.62. The van der Waals surface area contributed by atoms with Gasteiger partial charge in [-0.25, -0.2) is 9.37 Å². The van der Waals surface area contributed by atoms with Gasteiger partial charge in [-0.3, -0.25) is 9.78 Å². The first kappa shape index (κ1) is 11.5. The van der Waals surface area contributed by atoms with Gasteiger partial charge in [0.2, 0.25) is 0 Å². The number of benzene rings is 1. The van der Waals surface area contributed by atoms with Gasteiger partial charge in [-0.05, 0) is 24.3 Å². The molecule has 1 amide bonds. The fourth-order valence-corrected chi connectivity index (χ4v) is 1.34. The standard InChI is InChI=1S/C11H7ClFN3O/c12-9-5-14-6-10(15-9)16-11(17)7-1-3-8(13)4-2-7/h1-6H,(H,15,16,17). The van der Waals surface area contributed by atoms with Crippen LogP contribution in [0.2, 0.25) is 5.15 Å². The van der Waals surface area contributed by atoms with Crippen LogP contribution < -0.4 is 5.32 Å². The van der Waals surface area contributed by atoms with Crippen molar-refractivity contribution in [2.45, 2.75) is 0 Å². The topological polar surface area (TPSA) is 54.9 Å². The Labute approximate surface area is 101 Å². The van der Waals surface area contributed by atoms with Gasteiger partial charge in [0, 0.05) is 5.56 Å². The van der Waals surface area contributed by atoms with Crippen LogP contribution in [0, 0.1) is 5.82 Å². The molecular weight excluding hydrogens is 245 g/mol. The lowest BCUT2D eigenvalue weighted by molar-refractivity contribution is 0.102. The maximum absolute atomic E-state index is 12.7. The van der Waals surface area contributed by atoms with E-state index in [4.69, 9.17) is 11.6 Å². The molecule has 0 bridgehead atoms. The van der Waals surface area contributed by atoms with Crippen molar-refractivity contribution in [1.29, 1.82) is 0 Å². The number of hydrogen-bond acceptors (Lipinski definition) is 3. The zero-order chi connectivity index (χ0) is 12.3. The number of halogens is 2. The van der Waals surface area contributed by atoms with Crippen molar-refractivity contribution in [1.82, 2.24) is 9.97 Å². The minimum Gasteiger partial charge on any atom is -0.305 e. The van der Waals surface area contributed by atoms with Crippen LogP contribution >= 0.6 is 11.6 Å². The maximum Gasteiger partial charge on any atom is 0.256 e. The molecule has 17 heavy (non-hydrogen) atoms. The summed E-state index contributed by atoms with van der Waals surface area (Å²) < 4.78 is 12.7. The van der Waals surface area contributed by atoms with E-state index in [-0.39, 0.29) is 11.0 Å². The zero-order valence-corrected chi connectivity index (χ0v) is 9.28. The van der Waals surface area contributed by atoms with Gasteiger partial charge in [0.1, 0.15) is 11.0 Å². The highest BCUT2D eigenvalue weighted by Gasteiger charge is 2.07. The highest BCUT2D eigenvalue weighted by molar-refractivity contribution is 6.29. The summed E-state index contributed by atoms with van der Waals surface area (Å²) in [6.07, 6.45) is 2.72. The summed E-state index contributed by atoms with van der Waals surface area (Å²) in [4.78, 5) is 19.3. The Balaban J connectivity index is 2.14. The number of nitrogens with zero attached hydrogens (tertiary/aromatic N) is 2. The molecule has 0 saturated carbocycles. The highest BCUT2D eigenvalue weighted by Crippen LogP contribution is 2.09. The number of amides is 1. The summed E-state index contributed by atoms with van der Waals surface area (Å²) in [6.45, 7) is 0. The molecule has 0 aliphatic heterocycles. The SMILES string of the molecule is O=C(Nc1cncc(Cl)n1)c1ccc(F)cc1. The average Bonchev–Trinajstić information content (AvgIpc) is 2.29. The summed E-state index contributed by atoms with van der Waals surface area (Å²) in [5.41, 5.74) is 0.327. The van der Waals surface area contributed by atoms with Gasteiger partial charge in [-0.1, -0.05) is 11.6 Å².